The molecule has 94 valence electrons. The van der Waals surface area contributed by atoms with Crippen LogP contribution in [-0.4, -0.2) is 35.9 Å². The van der Waals surface area contributed by atoms with E-state index in [-0.39, 0.29) is 18.6 Å². The molecule has 0 radical (unpaired) electrons. The maximum absolute atomic E-state index is 12.2. The summed E-state index contributed by atoms with van der Waals surface area (Å²) in [5.74, 6) is 0.666. The molecule has 18 heavy (non-hydrogen) atoms. The minimum absolute atomic E-state index is 0.0783. The van der Waals surface area contributed by atoms with Crippen molar-refractivity contribution in [1.29, 1.82) is 0 Å². The van der Waals surface area contributed by atoms with Gasteiger partial charge in [-0.25, -0.2) is 0 Å². The molecule has 0 fully saturated rings. The average molecular weight is 268 g/mol. The van der Waals surface area contributed by atoms with Crippen molar-refractivity contribution in [3.05, 3.63) is 23.3 Å². The molecule has 0 aliphatic carbocycles. The van der Waals surface area contributed by atoms with E-state index >= 15 is 0 Å². The Hall–Kier alpha value is -1.75. The van der Waals surface area contributed by atoms with Crippen molar-refractivity contribution in [3.63, 3.8) is 0 Å². The first kappa shape index (κ1) is 11.3. The van der Waals surface area contributed by atoms with Gasteiger partial charge in [0.05, 0.1) is 11.1 Å². The highest BCUT2D eigenvalue weighted by molar-refractivity contribution is 6.23. The van der Waals surface area contributed by atoms with Crippen molar-refractivity contribution >= 4 is 23.4 Å². The highest BCUT2D eigenvalue weighted by Crippen LogP contribution is 2.41. The number of hydrogen-bond donors (Lipinski definition) is 0. The van der Waals surface area contributed by atoms with Crippen molar-refractivity contribution in [2.75, 3.05) is 19.2 Å². The Kier molecular flexibility index (Phi) is 2.63. The van der Waals surface area contributed by atoms with Crippen LogP contribution in [0.15, 0.2) is 12.1 Å². The number of hydrogen-bond acceptors (Lipinski definition) is 4. The third-order valence-electron chi connectivity index (χ3n) is 2.99. The fourth-order valence-electron chi connectivity index (χ4n) is 2.16. The number of halogens is 1. The molecular formula is C12H10ClNO4. The third kappa shape index (κ3) is 1.47. The molecule has 2 aliphatic heterocycles. The largest absolute Gasteiger partial charge is 0.454 e. The molecule has 0 bridgehead atoms. The molecule has 0 N–H and O–H groups in total. The first-order valence-corrected chi connectivity index (χ1v) is 6.12. The van der Waals surface area contributed by atoms with Crippen molar-refractivity contribution in [1.82, 2.24) is 4.90 Å². The summed E-state index contributed by atoms with van der Waals surface area (Å²) in [5, 5.41) is 0. The number of benzene rings is 1. The highest BCUT2D eigenvalue weighted by Gasteiger charge is 2.40. The van der Waals surface area contributed by atoms with Crippen molar-refractivity contribution in [3.8, 4) is 11.5 Å². The molecule has 0 aromatic heterocycles. The molecule has 3 rings (SSSR count). The fourth-order valence-corrected chi connectivity index (χ4v) is 2.28. The Morgan fingerprint density at radius 3 is 2.83 bits per heavy atom. The van der Waals surface area contributed by atoms with Gasteiger partial charge in [0.2, 0.25) is 6.79 Å². The smallest absolute Gasteiger partial charge is 0.265 e. The van der Waals surface area contributed by atoms with Crippen molar-refractivity contribution in [2.24, 2.45) is 0 Å². The zero-order valence-electron chi connectivity index (χ0n) is 9.44. The molecule has 2 amide bonds. The van der Waals surface area contributed by atoms with E-state index in [1.165, 1.54) is 4.90 Å². The van der Waals surface area contributed by atoms with Crippen LogP contribution >= 0.6 is 11.6 Å². The van der Waals surface area contributed by atoms with Crippen LogP contribution in [0, 0.1) is 0 Å². The molecule has 0 unspecified atom stereocenters. The molecule has 0 saturated heterocycles. The summed E-state index contributed by atoms with van der Waals surface area (Å²) in [6, 6.07) is 3.25. The summed E-state index contributed by atoms with van der Waals surface area (Å²) in [7, 11) is 0. The molecule has 2 heterocycles. The average Bonchev–Trinajstić information content (AvgIpc) is 2.92. The van der Waals surface area contributed by atoms with E-state index in [9.17, 15) is 9.59 Å². The van der Waals surface area contributed by atoms with Gasteiger partial charge in [0.25, 0.3) is 11.8 Å². The summed E-state index contributed by atoms with van der Waals surface area (Å²) in [6.07, 6.45) is 0.576. The van der Waals surface area contributed by atoms with Crippen molar-refractivity contribution in [2.45, 2.75) is 6.42 Å². The van der Waals surface area contributed by atoms with Crippen molar-refractivity contribution < 1.29 is 19.1 Å². The van der Waals surface area contributed by atoms with Crippen LogP contribution < -0.4 is 9.47 Å². The quantitative estimate of drug-likeness (QED) is 0.617. The number of amides is 2. The summed E-state index contributed by atoms with van der Waals surface area (Å²) < 4.78 is 10.5. The second kappa shape index (κ2) is 4.17. The number of alkyl halides is 1. The molecule has 0 atom stereocenters. The number of imide groups is 1. The third-order valence-corrected chi connectivity index (χ3v) is 3.26. The Morgan fingerprint density at radius 2 is 2.06 bits per heavy atom. The topological polar surface area (TPSA) is 55.8 Å². The zero-order valence-corrected chi connectivity index (χ0v) is 10.2. The Morgan fingerprint density at radius 1 is 1.22 bits per heavy atom. The number of nitrogens with zero attached hydrogens (tertiary/aromatic N) is 1. The van der Waals surface area contributed by atoms with Gasteiger partial charge in [-0.05, 0) is 18.6 Å². The minimum atomic E-state index is -0.331. The SMILES string of the molecule is O=C1c2ccc3c(c2C(=O)N1CCCCl)OCO3. The number of ether oxygens (including phenoxy) is 2. The van der Waals surface area contributed by atoms with E-state index in [0.717, 1.165) is 0 Å². The number of carbonyl (C=O) groups is 2. The van der Waals surface area contributed by atoms with Gasteiger partial charge in [-0.15, -0.1) is 11.6 Å². The van der Waals surface area contributed by atoms with Crippen LogP contribution in [0.25, 0.3) is 0 Å². The second-order valence-electron chi connectivity index (χ2n) is 4.03. The van der Waals surface area contributed by atoms with Gasteiger partial charge in [-0.3, -0.25) is 14.5 Å². The normalized spacial score (nSPS) is 16.4. The Labute approximate surface area is 108 Å². The second-order valence-corrected chi connectivity index (χ2v) is 4.40. The number of rotatable bonds is 3. The van der Waals surface area contributed by atoms with Crippen LogP contribution in [0.1, 0.15) is 27.1 Å². The predicted octanol–water partition coefficient (Wildman–Crippen LogP) is 1.64. The summed E-state index contributed by atoms with van der Waals surface area (Å²) >= 11 is 5.59. The van der Waals surface area contributed by atoms with Gasteiger partial charge < -0.3 is 9.47 Å². The molecule has 0 spiro atoms. The van der Waals surface area contributed by atoms with Gasteiger partial charge in [0.15, 0.2) is 11.5 Å². The lowest BCUT2D eigenvalue weighted by molar-refractivity contribution is 0.0653. The standard InChI is InChI=1S/C12H10ClNO4/c13-4-1-5-14-11(15)7-2-3-8-10(18-6-17-8)9(7)12(14)16/h2-3H,1,4-6H2. The van der Waals surface area contributed by atoms with E-state index in [0.29, 0.717) is 41.5 Å². The lowest BCUT2D eigenvalue weighted by Gasteiger charge is -2.12. The van der Waals surface area contributed by atoms with E-state index in [4.69, 9.17) is 21.1 Å². The molecule has 2 aliphatic rings. The van der Waals surface area contributed by atoms with E-state index < -0.39 is 0 Å². The summed E-state index contributed by atoms with van der Waals surface area (Å²) in [4.78, 5) is 25.5. The van der Waals surface area contributed by atoms with Gasteiger partial charge in [0.1, 0.15) is 0 Å². The molecule has 1 aromatic carbocycles. The van der Waals surface area contributed by atoms with Crippen LogP contribution in [0.5, 0.6) is 11.5 Å². The monoisotopic (exact) mass is 267 g/mol. The van der Waals surface area contributed by atoms with Gasteiger partial charge in [-0.1, -0.05) is 0 Å². The fraction of sp³-hybridized carbons (Fsp3) is 0.333. The summed E-state index contributed by atoms with van der Waals surface area (Å²) in [5.41, 5.74) is 0.684. The maximum Gasteiger partial charge on any atom is 0.265 e. The van der Waals surface area contributed by atoms with Crippen LogP contribution in [0.3, 0.4) is 0 Å². The molecule has 1 aromatic rings. The lowest BCUT2D eigenvalue weighted by Crippen LogP contribution is -2.30. The molecular weight excluding hydrogens is 258 g/mol. The van der Waals surface area contributed by atoms with Gasteiger partial charge in [0, 0.05) is 12.4 Å². The van der Waals surface area contributed by atoms with E-state index in [2.05, 4.69) is 0 Å². The van der Waals surface area contributed by atoms with Gasteiger partial charge in [-0.2, -0.15) is 0 Å². The maximum atomic E-state index is 12.2. The lowest BCUT2D eigenvalue weighted by atomic mass is 10.1. The first-order valence-electron chi connectivity index (χ1n) is 5.59. The number of carbonyl (C=O) groups excluding carboxylic acids is 2. The number of fused-ring (bicyclic) bond motifs is 3. The molecule has 6 heteroatoms. The van der Waals surface area contributed by atoms with Crippen LogP contribution in [-0.2, 0) is 0 Å². The Bertz CT molecular complexity index is 543. The zero-order chi connectivity index (χ0) is 12.7. The molecule has 5 nitrogen and oxygen atoms in total. The summed E-state index contributed by atoms with van der Waals surface area (Å²) in [6.45, 7) is 0.403. The van der Waals surface area contributed by atoms with Crippen LogP contribution in [0.2, 0.25) is 0 Å². The predicted molar refractivity (Wildman–Crippen MR) is 63.3 cm³/mol. The molecule has 0 saturated carbocycles. The Balaban J connectivity index is 2.02. The first-order chi connectivity index (χ1) is 8.74. The van der Waals surface area contributed by atoms with Gasteiger partial charge >= 0.3 is 0 Å². The highest BCUT2D eigenvalue weighted by atomic mass is 35.5. The minimum Gasteiger partial charge on any atom is -0.454 e. The van der Waals surface area contributed by atoms with E-state index in [1.54, 1.807) is 12.1 Å². The van der Waals surface area contributed by atoms with E-state index in [1.807, 2.05) is 0 Å². The van der Waals surface area contributed by atoms with Crippen LogP contribution in [0.4, 0.5) is 0 Å².